The van der Waals surface area contributed by atoms with Crippen LogP contribution in [0.4, 0.5) is 0 Å². The summed E-state index contributed by atoms with van der Waals surface area (Å²) in [5.74, 6) is -0.127. The van der Waals surface area contributed by atoms with Gasteiger partial charge >= 0.3 is 5.97 Å². The van der Waals surface area contributed by atoms with Gasteiger partial charge in [0.25, 0.3) is 0 Å². The number of ether oxygens (including phenoxy) is 1. The number of hydrogen-bond acceptors (Lipinski definition) is 3. The fourth-order valence-electron chi connectivity index (χ4n) is 1.27. The highest BCUT2D eigenvalue weighted by Gasteiger charge is 2.01. The van der Waals surface area contributed by atoms with Crippen LogP contribution in [0, 0.1) is 0 Å². The molecule has 4 heteroatoms. The number of rotatable bonds is 5. The molecule has 88 valence electrons. The highest BCUT2D eigenvalue weighted by Crippen LogP contribution is 2.26. The lowest BCUT2D eigenvalue weighted by Gasteiger charge is -2.00. The van der Waals surface area contributed by atoms with Gasteiger partial charge in [-0.1, -0.05) is 6.08 Å². The number of carbonyl (C=O) groups is 1. The van der Waals surface area contributed by atoms with Crippen molar-refractivity contribution in [1.29, 1.82) is 0 Å². The Morgan fingerprint density at radius 1 is 1.62 bits per heavy atom. The first-order valence-electron chi connectivity index (χ1n) is 5.20. The minimum absolute atomic E-state index is 0.127. The molecule has 1 aromatic rings. The monoisotopic (exact) mass is 302 g/mol. The first kappa shape index (κ1) is 13.5. The summed E-state index contributed by atoms with van der Waals surface area (Å²) in [5, 5.41) is 2.10. The van der Waals surface area contributed by atoms with E-state index >= 15 is 0 Å². The SMILES string of the molecule is CCOC(=O)CCC=C(C)c1csc(Br)c1. The van der Waals surface area contributed by atoms with Crippen LogP contribution in [0.1, 0.15) is 32.3 Å². The van der Waals surface area contributed by atoms with Crippen molar-refractivity contribution in [2.75, 3.05) is 6.61 Å². The molecule has 0 aliphatic heterocycles. The van der Waals surface area contributed by atoms with E-state index in [-0.39, 0.29) is 5.97 Å². The van der Waals surface area contributed by atoms with E-state index in [4.69, 9.17) is 4.74 Å². The molecule has 0 atom stereocenters. The number of carbonyl (C=O) groups excluding carboxylic acids is 1. The van der Waals surface area contributed by atoms with Crippen LogP contribution < -0.4 is 0 Å². The molecule has 0 radical (unpaired) electrons. The molecule has 0 aliphatic rings. The first-order chi connectivity index (χ1) is 7.63. The van der Waals surface area contributed by atoms with Crippen molar-refractivity contribution < 1.29 is 9.53 Å². The van der Waals surface area contributed by atoms with Crippen molar-refractivity contribution in [1.82, 2.24) is 0 Å². The molecule has 0 fully saturated rings. The van der Waals surface area contributed by atoms with Crippen LogP contribution >= 0.6 is 27.3 Å². The van der Waals surface area contributed by atoms with Crippen LogP contribution in [0.2, 0.25) is 0 Å². The number of hydrogen-bond donors (Lipinski definition) is 0. The first-order valence-corrected chi connectivity index (χ1v) is 6.87. The molecule has 0 bridgehead atoms. The van der Waals surface area contributed by atoms with E-state index in [1.807, 2.05) is 6.92 Å². The zero-order valence-electron chi connectivity index (χ0n) is 9.46. The van der Waals surface area contributed by atoms with E-state index in [0.717, 1.165) is 10.2 Å². The van der Waals surface area contributed by atoms with Gasteiger partial charge in [0, 0.05) is 6.42 Å². The maximum absolute atomic E-state index is 11.1. The lowest BCUT2D eigenvalue weighted by Crippen LogP contribution is -2.02. The van der Waals surface area contributed by atoms with E-state index in [0.29, 0.717) is 13.0 Å². The molecule has 1 aromatic heterocycles. The molecule has 2 nitrogen and oxygen atoms in total. The van der Waals surface area contributed by atoms with Crippen molar-refractivity contribution in [3.05, 3.63) is 26.9 Å². The molecule has 0 saturated heterocycles. The molecule has 0 unspecified atom stereocenters. The van der Waals surface area contributed by atoms with Crippen molar-refractivity contribution >= 4 is 38.8 Å². The maximum Gasteiger partial charge on any atom is 0.306 e. The zero-order valence-corrected chi connectivity index (χ0v) is 11.9. The van der Waals surface area contributed by atoms with Gasteiger partial charge in [-0.2, -0.15) is 0 Å². The zero-order chi connectivity index (χ0) is 12.0. The molecule has 0 N–H and O–H groups in total. The molecule has 16 heavy (non-hydrogen) atoms. The molecule has 0 amide bonds. The summed E-state index contributed by atoms with van der Waals surface area (Å²) in [5.41, 5.74) is 2.41. The van der Waals surface area contributed by atoms with Gasteiger partial charge in [-0.05, 0) is 58.8 Å². The fraction of sp³-hybridized carbons (Fsp3) is 0.417. The van der Waals surface area contributed by atoms with E-state index < -0.39 is 0 Å². The summed E-state index contributed by atoms with van der Waals surface area (Å²) in [6.45, 7) is 4.33. The normalized spacial score (nSPS) is 11.6. The van der Waals surface area contributed by atoms with Crippen molar-refractivity contribution in [3.63, 3.8) is 0 Å². The Balaban J connectivity index is 2.43. The Morgan fingerprint density at radius 2 is 2.38 bits per heavy atom. The Labute approximate surface area is 108 Å². The van der Waals surface area contributed by atoms with Gasteiger partial charge in [0.15, 0.2) is 0 Å². The number of halogens is 1. The third kappa shape index (κ3) is 4.49. The number of thiophene rings is 1. The molecule has 0 aliphatic carbocycles. The van der Waals surface area contributed by atoms with Gasteiger partial charge in [0.05, 0.1) is 10.4 Å². The summed E-state index contributed by atoms with van der Waals surface area (Å²) in [6, 6.07) is 2.08. The number of esters is 1. The summed E-state index contributed by atoms with van der Waals surface area (Å²) in [6.07, 6.45) is 3.26. The second-order valence-corrected chi connectivity index (χ2v) is 5.66. The Morgan fingerprint density at radius 3 is 2.94 bits per heavy atom. The van der Waals surface area contributed by atoms with Gasteiger partial charge in [-0.3, -0.25) is 4.79 Å². The van der Waals surface area contributed by atoms with Crippen LogP contribution in [0.15, 0.2) is 21.3 Å². The third-order valence-electron chi connectivity index (χ3n) is 2.13. The minimum Gasteiger partial charge on any atom is -0.466 e. The molecule has 0 saturated carbocycles. The third-order valence-corrected chi connectivity index (χ3v) is 3.63. The average Bonchev–Trinajstić information content (AvgIpc) is 2.65. The average molecular weight is 303 g/mol. The fourth-order valence-corrected chi connectivity index (χ4v) is 2.49. The second kappa shape index (κ2) is 6.86. The van der Waals surface area contributed by atoms with Crippen molar-refractivity contribution in [2.45, 2.75) is 26.7 Å². The van der Waals surface area contributed by atoms with Gasteiger partial charge in [-0.15, -0.1) is 11.3 Å². The van der Waals surface area contributed by atoms with Gasteiger partial charge in [-0.25, -0.2) is 0 Å². The molecule has 0 spiro atoms. The standard InChI is InChI=1S/C12H15BrO2S/c1-3-15-12(14)6-4-5-9(2)10-7-11(13)16-8-10/h5,7-8H,3-4,6H2,1-2H3. The molecule has 1 rings (SSSR count). The molecule has 1 heterocycles. The van der Waals surface area contributed by atoms with Gasteiger partial charge in [0.1, 0.15) is 0 Å². The quantitative estimate of drug-likeness (QED) is 0.760. The van der Waals surface area contributed by atoms with E-state index in [1.54, 1.807) is 11.3 Å². The lowest BCUT2D eigenvalue weighted by atomic mass is 10.1. The molecular formula is C12H15BrO2S. The van der Waals surface area contributed by atoms with Gasteiger partial charge in [0.2, 0.25) is 0 Å². The summed E-state index contributed by atoms with van der Waals surface area (Å²) >= 11 is 5.09. The smallest absolute Gasteiger partial charge is 0.306 e. The maximum atomic E-state index is 11.1. The highest BCUT2D eigenvalue weighted by atomic mass is 79.9. The Bertz CT molecular complexity index is 382. The number of allylic oxidation sites excluding steroid dienone is 2. The van der Waals surface area contributed by atoms with E-state index in [9.17, 15) is 4.79 Å². The largest absolute Gasteiger partial charge is 0.466 e. The van der Waals surface area contributed by atoms with Crippen LogP contribution in [0.3, 0.4) is 0 Å². The lowest BCUT2D eigenvalue weighted by molar-refractivity contribution is -0.142. The predicted octanol–water partition coefficient (Wildman–Crippen LogP) is 4.26. The van der Waals surface area contributed by atoms with Crippen molar-refractivity contribution in [3.8, 4) is 0 Å². The Kier molecular flexibility index (Phi) is 5.77. The Hall–Kier alpha value is -0.610. The minimum atomic E-state index is -0.127. The van der Waals surface area contributed by atoms with Crippen LogP contribution in [0.25, 0.3) is 5.57 Å². The topological polar surface area (TPSA) is 26.3 Å². The molecular weight excluding hydrogens is 288 g/mol. The highest BCUT2D eigenvalue weighted by molar-refractivity contribution is 9.11. The molecule has 0 aromatic carbocycles. The van der Waals surface area contributed by atoms with Crippen LogP contribution in [0.5, 0.6) is 0 Å². The van der Waals surface area contributed by atoms with E-state index in [1.165, 1.54) is 11.1 Å². The summed E-state index contributed by atoms with van der Waals surface area (Å²) in [4.78, 5) is 11.1. The van der Waals surface area contributed by atoms with Crippen LogP contribution in [-0.4, -0.2) is 12.6 Å². The summed E-state index contributed by atoms with van der Waals surface area (Å²) in [7, 11) is 0. The summed E-state index contributed by atoms with van der Waals surface area (Å²) < 4.78 is 5.99. The van der Waals surface area contributed by atoms with E-state index in [2.05, 4.69) is 40.4 Å². The van der Waals surface area contributed by atoms with Crippen LogP contribution in [-0.2, 0) is 9.53 Å². The second-order valence-electron chi connectivity index (χ2n) is 3.37. The van der Waals surface area contributed by atoms with Crippen molar-refractivity contribution in [2.24, 2.45) is 0 Å². The van der Waals surface area contributed by atoms with Gasteiger partial charge < -0.3 is 4.74 Å². The predicted molar refractivity (Wildman–Crippen MR) is 71.5 cm³/mol.